The second-order valence-corrected chi connectivity index (χ2v) is 5.69. The van der Waals surface area contributed by atoms with Gasteiger partial charge in [-0.2, -0.15) is 0 Å². The van der Waals surface area contributed by atoms with E-state index in [1.54, 1.807) is 14.1 Å². The van der Waals surface area contributed by atoms with Crippen LogP contribution in [0.5, 0.6) is 0 Å². The molecule has 0 heterocycles. The monoisotopic (exact) mass is 257 g/mol. The van der Waals surface area contributed by atoms with Crippen molar-refractivity contribution in [3.8, 4) is 0 Å². The molecule has 0 fully saturated rings. The molecule has 18 heavy (non-hydrogen) atoms. The van der Waals surface area contributed by atoms with E-state index in [0.29, 0.717) is 12.3 Å². The maximum atomic E-state index is 12.0. The Morgan fingerprint density at radius 1 is 1.17 bits per heavy atom. The van der Waals surface area contributed by atoms with Crippen LogP contribution in [0.2, 0.25) is 0 Å². The van der Waals surface area contributed by atoms with Crippen molar-refractivity contribution in [3.63, 3.8) is 0 Å². The highest BCUT2D eigenvalue weighted by molar-refractivity contribution is 5.89. The second kappa shape index (κ2) is 7.36. The van der Waals surface area contributed by atoms with Gasteiger partial charge in [0.1, 0.15) is 6.04 Å². The minimum absolute atomic E-state index is 0.0548. The van der Waals surface area contributed by atoms with E-state index in [4.69, 9.17) is 5.73 Å². The van der Waals surface area contributed by atoms with Crippen LogP contribution in [0.15, 0.2) is 0 Å². The number of nitrogens with two attached hydrogens (primary N) is 1. The number of nitrogens with one attached hydrogen (secondary N) is 1. The zero-order chi connectivity index (χ0) is 14.5. The summed E-state index contributed by atoms with van der Waals surface area (Å²) in [6.07, 6.45) is 0.619. The lowest BCUT2D eigenvalue weighted by molar-refractivity contribution is -0.135. The summed E-state index contributed by atoms with van der Waals surface area (Å²) in [4.78, 5) is 25.4. The molecule has 0 radical (unpaired) electrons. The summed E-state index contributed by atoms with van der Waals surface area (Å²) in [6.45, 7) is 7.81. The number of nitrogens with zero attached hydrogens (tertiary/aromatic N) is 1. The lowest BCUT2D eigenvalue weighted by Crippen LogP contribution is -2.53. The largest absolute Gasteiger partial charge is 0.347 e. The van der Waals surface area contributed by atoms with E-state index in [1.807, 2.05) is 27.7 Å². The van der Waals surface area contributed by atoms with Crippen molar-refractivity contribution in [3.05, 3.63) is 0 Å². The number of carbonyl (C=O) groups excluding carboxylic acids is 2. The van der Waals surface area contributed by atoms with E-state index in [2.05, 4.69) is 5.32 Å². The molecule has 0 spiro atoms. The van der Waals surface area contributed by atoms with Crippen molar-refractivity contribution in [1.29, 1.82) is 0 Å². The first-order valence-electron chi connectivity index (χ1n) is 6.43. The Morgan fingerprint density at radius 2 is 1.67 bits per heavy atom. The van der Waals surface area contributed by atoms with Gasteiger partial charge >= 0.3 is 0 Å². The van der Waals surface area contributed by atoms with Crippen LogP contribution in [0, 0.1) is 11.8 Å². The van der Waals surface area contributed by atoms with E-state index < -0.39 is 12.1 Å². The molecule has 106 valence electrons. The molecule has 0 aromatic carbocycles. The Balaban J connectivity index is 4.69. The third kappa shape index (κ3) is 5.49. The maximum Gasteiger partial charge on any atom is 0.244 e. The molecule has 0 aliphatic rings. The summed E-state index contributed by atoms with van der Waals surface area (Å²) in [6, 6.07) is -1.06. The molecule has 0 aromatic heterocycles. The molecule has 0 rings (SSSR count). The number of rotatable bonds is 6. The summed E-state index contributed by atoms with van der Waals surface area (Å²) in [5.74, 6) is 0.0347. The van der Waals surface area contributed by atoms with E-state index in [-0.39, 0.29) is 17.7 Å². The van der Waals surface area contributed by atoms with Crippen molar-refractivity contribution in [1.82, 2.24) is 10.2 Å². The van der Waals surface area contributed by atoms with Gasteiger partial charge in [-0.25, -0.2) is 0 Å². The standard InChI is InChI=1S/C13H27N3O2/c1-8(2)7-10(13(18)16(5)6)15-12(17)11(14)9(3)4/h8-11H,7,14H2,1-6H3,(H,15,17). The fourth-order valence-electron chi connectivity index (χ4n) is 1.58. The first-order valence-corrected chi connectivity index (χ1v) is 6.43. The van der Waals surface area contributed by atoms with E-state index in [1.165, 1.54) is 4.90 Å². The van der Waals surface area contributed by atoms with Crippen LogP contribution < -0.4 is 11.1 Å². The summed E-state index contributed by atoms with van der Waals surface area (Å²) in [5, 5.41) is 2.76. The molecule has 5 heteroatoms. The molecular weight excluding hydrogens is 230 g/mol. The van der Waals surface area contributed by atoms with Crippen LogP contribution in [0.4, 0.5) is 0 Å². The van der Waals surface area contributed by atoms with Crippen LogP contribution in [0.25, 0.3) is 0 Å². The first-order chi connectivity index (χ1) is 8.16. The molecular formula is C13H27N3O2. The molecule has 0 bridgehead atoms. The number of carbonyl (C=O) groups is 2. The predicted molar refractivity (Wildman–Crippen MR) is 72.9 cm³/mol. The van der Waals surface area contributed by atoms with Crippen LogP contribution in [0.1, 0.15) is 34.1 Å². The molecule has 0 saturated carbocycles. The topological polar surface area (TPSA) is 75.4 Å². The Hall–Kier alpha value is -1.10. The van der Waals surface area contributed by atoms with Gasteiger partial charge in [-0.1, -0.05) is 27.7 Å². The number of hydrogen-bond acceptors (Lipinski definition) is 3. The molecule has 0 saturated heterocycles. The molecule has 2 atom stereocenters. The van der Waals surface area contributed by atoms with Gasteiger partial charge in [-0.05, 0) is 18.3 Å². The summed E-state index contributed by atoms with van der Waals surface area (Å²) < 4.78 is 0. The Labute approximate surface area is 110 Å². The van der Waals surface area contributed by atoms with Gasteiger partial charge in [0, 0.05) is 14.1 Å². The highest BCUT2D eigenvalue weighted by Crippen LogP contribution is 2.08. The lowest BCUT2D eigenvalue weighted by atomic mass is 10.0. The minimum Gasteiger partial charge on any atom is -0.347 e. The summed E-state index contributed by atoms with van der Waals surface area (Å²) in [5.41, 5.74) is 5.78. The second-order valence-electron chi connectivity index (χ2n) is 5.69. The summed E-state index contributed by atoms with van der Waals surface area (Å²) in [7, 11) is 3.37. The van der Waals surface area contributed by atoms with E-state index >= 15 is 0 Å². The van der Waals surface area contributed by atoms with Crippen LogP contribution in [0.3, 0.4) is 0 Å². The number of hydrogen-bond donors (Lipinski definition) is 2. The average molecular weight is 257 g/mol. The first kappa shape index (κ1) is 16.9. The van der Waals surface area contributed by atoms with Gasteiger partial charge in [-0.15, -0.1) is 0 Å². The maximum absolute atomic E-state index is 12.0. The molecule has 0 aliphatic carbocycles. The predicted octanol–water partition coefficient (Wildman–Crippen LogP) is 0.589. The average Bonchev–Trinajstić information content (AvgIpc) is 2.24. The molecule has 2 unspecified atom stereocenters. The number of likely N-dealkylation sites (N-methyl/N-ethyl adjacent to an activating group) is 1. The van der Waals surface area contributed by atoms with Crippen LogP contribution in [-0.4, -0.2) is 42.9 Å². The van der Waals surface area contributed by atoms with Gasteiger partial charge in [0.05, 0.1) is 6.04 Å². The molecule has 0 aliphatic heterocycles. The zero-order valence-corrected chi connectivity index (χ0v) is 12.4. The zero-order valence-electron chi connectivity index (χ0n) is 12.4. The van der Waals surface area contributed by atoms with Gasteiger partial charge in [0.25, 0.3) is 0 Å². The quantitative estimate of drug-likeness (QED) is 0.731. The Morgan fingerprint density at radius 3 is 2.00 bits per heavy atom. The van der Waals surface area contributed by atoms with Crippen molar-refractivity contribution in [2.45, 2.75) is 46.2 Å². The SMILES string of the molecule is CC(C)CC(NC(=O)C(N)C(C)C)C(=O)N(C)C. The smallest absolute Gasteiger partial charge is 0.244 e. The van der Waals surface area contributed by atoms with E-state index in [9.17, 15) is 9.59 Å². The van der Waals surface area contributed by atoms with Crippen molar-refractivity contribution >= 4 is 11.8 Å². The van der Waals surface area contributed by atoms with Crippen LogP contribution in [-0.2, 0) is 9.59 Å². The van der Waals surface area contributed by atoms with Gasteiger partial charge in [-0.3, -0.25) is 9.59 Å². The molecule has 2 amide bonds. The lowest BCUT2D eigenvalue weighted by Gasteiger charge is -2.25. The normalized spacial score (nSPS) is 14.5. The molecule has 0 aromatic rings. The Kier molecular flexibility index (Phi) is 6.91. The molecule has 5 nitrogen and oxygen atoms in total. The van der Waals surface area contributed by atoms with Crippen LogP contribution >= 0.6 is 0 Å². The minimum atomic E-state index is -0.574. The third-order valence-corrected chi connectivity index (χ3v) is 2.78. The highest BCUT2D eigenvalue weighted by Gasteiger charge is 2.26. The van der Waals surface area contributed by atoms with Crippen molar-refractivity contribution in [2.75, 3.05) is 14.1 Å². The molecule has 3 N–H and O–H groups in total. The number of amides is 2. The van der Waals surface area contributed by atoms with E-state index in [0.717, 1.165) is 0 Å². The van der Waals surface area contributed by atoms with Gasteiger partial charge < -0.3 is 16.0 Å². The fraction of sp³-hybridized carbons (Fsp3) is 0.846. The van der Waals surface area contributed by atoms with Crippen molar-refractivity contribution < 1.29 is 9.59 Å². The third-order valence-electron chi connectivity index (χ3n) is 2.78. The highest BCUT2D eigenvalue weighted by atomic mass is 16.2. The Bertz CT molecular complexity index is 288. The van der Waals surface area contributed by atoms with Gasteiger partial charge in [0.15, 0.2) is 0 Å². The summed E-state index contributed by atoms with van der Waals surface area (Å²) >= 11 is 0. The fourth-order valence-corrected chi connectivity index (χ4v) is 1.58. The van der Waals surface area contributed by atoms with Crippen molar-refractivity contribution in [2.24, 2.45) is 17.6 Å². The van der Waals surface area contributed by atoms with Gasteiger partial charge in [0.2, 0.25) is 11.8 Å².